The van der Waals surface area contributed by atoms with Gasteiger partial charge in [-0.25, -0.2) is 0 Å². The lowest BCUT2D eigenvalue weighted by atomic mass is 9.80. The van der Waals surface area contributed by atoms with Crippen molar-refractivity contribution in [3.8, 4) is 11.1 Å². The molecule has 4 aromatic rings. The van der Waals surface area contributed by atoms with Gasteiger partial charge < -0.3 is 15.0 Å². The maximum Gasteiger partial charge on any atom is 0.488 e. The summed E-state index contributed by atoms with van der Waals surface area (Å²) in [5.74, 6) is 0. The molecule has 0 fully saturated rings. The number of benzene rings is 3. The number of aromatic nitrogens is 1. The van der Waals surface area contributed by atoms with Crippen LogP contribution in [0.1, 0.15) is 0 Å². The molecule has 22 heavy (non-hydrogen) atoms. The number of hydrogen-bond donors (Lipinski definition) is 3. The van der Waals surface area contributed by atoms with E-state index in [9.17, 15) is 10.0 Å². The van der Waals surface area contributed by atoms with E-state index >= 15 is 0 Å². The summed E-state index contributed by atoms with van der Waals surface area (Å²) in [5, 5.41) is 20.8. The average Bonchev–Trinajstić information content (AvgIpc) is 2.93. The van der Waals surface area contributed by atoms with Crippen molar-refractivity contribution in [1.29, 1.82) is 0 Å². The first kappa shape index (κ1) is 13.1. The maximum absolute atomic E-state index is 9.20. The highest BCUT2D eigenvalue weighted by atomic mass is 16.4. The lowest BCUT2D eigenvalue weighted by Crippen LogP contribution is -2.29. The Bertz CT molecular complexity index is 958. The summed E-state index contributed by atoms with van der Waals surface area (Å²) >= 11 is 0. The molecule has 0 bridgehead atoms. The van der Waals surface area contributed by atoms with Crippen LogP contribution in [0.15, 0.2) is 66.7 Å². The highest BCUT2D eigenvalue weighted by molar-refractivity contribution is 6.58. The third-order valence-corrected chi connectivity index (χ3v) is 4.06. The minimum absolute atomic E-state index is 0.493. The van der Waals surface area contributed by atoms with Crippen LogP contribution in [0.3, 0.4) is 0 Å². The predicted molar refractivity (Wildman–Crippen MR) is 91.1 cm³/mol. The quantitative estimate of drug-likeness (QED) is 0.496. The second-order valence-corrected chi connectivity index (χ2v) is 5.39. The summed E-state index contributed by atoms with van der Waals surface area (Å²) < 4.78 is 0. The van der Waals surface area contributed by atoms with Crippen LogP contribution in [0, 0.1) is 0 Å². The van der Waals surface area contributed by atoms with E-state index in [0.29, 0.717) is 5.46 Å². The van der Waals surface area contributed by atoms with Crippen molar-refractivity contribution in [2.45, 2.75) is 0 Å². The highest BCUT2D eigenvalue weighted by Crippen LogP contribution is 2.32. The molecule has 0 saturated carbocycles. The van der Waals surface area contributed by atoms with E-state index in [2.05, 4.69) is 29.2 Å². The number of H-pyrrole nitrogens is 1. The van der Waals surface area contributed by atoms with Gasteiger partial charge >= 0.3 is 7.12 Å². The number of aromatic amines is 1. The average molecular weight is 287 g/mol. The molecule has 0 unspecified atom stereocenters. The zero-order valence-electron chi connectivity index (χ0n) is 11.8. The third-order valence-electron chi connectivity index (χ3n) is 4.06. The lowest BCUT2D eigenvalue weighted by molar-refractivity contribution is 0.426. The Hall–Kier alpha value is -2.56. The molecule has 0 aliphatic heterocycles. The van der Waals surface area contributed by atoms with Gasteiger partial charge in [-0.05, 0) is 17.1 Å². The van der Waals surface area contributed by atoms with Gasteiger partial charge in [0.25, 0.3) is 0 Å². The Balaban J connectivity index is 1.94. The van der Waals surface area contributed by atoms with E-state index in [-0.39, 0.29) is 0 Å². The van der Waals surface area contributed by atoms with Crippen LogP contribution >= 0.6 is 0 Å². The molecule has 3 aromatic carbocycles. The van der Waals surface area contributed by atoms with Crippen LogP contribution in [0.2, 0.25) is 0 Å². The minimum atomic E-state index is -1.43. The first-order valence-electron chi connectivity index (χ1n) is 7.20. The van der Waals surface area contributed by atoms with Gasteiger partial charge in [-0.1, -0.05) is 60.7 Å². The zero-order valence-corrected chi connectivity index (χ0v) is 11.8. The molecule has 1 heterocycles. The molecule has 0 radical (unpaired) electrons. The van der Waals surface area contributed by atoms with E-state index in [1.54, 1.807) is 12.1 Å². The molecular formula is C18H14BNO2. The topological polar surface area (TPSA) is 56.2 Å². The smallest absolute Gasteiger partial charge is 0.423 e. The number of hydrogen-bond acceptors (Lipinski definition) is 2. The second kappa shape index (κ2) is 5.02. The van der Waals surface area contributed by atoms with Crippen molar-refractivity contribution >= 4 is 34.4 Å². The molecule has 106 valence electrons. The van der Waals surface area contributed by atoms with Gasteiger partial charge in [0, 0.05) is 21.9 Å². The Labute approximate surface area is 128 Å². The van der Waals surface area contributed by atoms with Crippen molar-refractivity contribution in [3.63, 3.8) is 0 Å². The van der Waals surface area contributed by atoms with Crippen LogP contribution in [0.25, 0.3) is 32.9 Å². The first-order valence-corrected chi connectivity index (χ1v) is 7.20. The van der Waals surface area contributed by atoms with E-state index in [1.165, 1.54) is 10.8 Å². The van der Waals surface area contributed by atoms with Crippen LogP contribution in [-0.2, 0) is 0 Å². The fourth-order valence-electron chi connectivity index (χ4n) is 2.95. The van der Waals surface area contributed by atoms with Crippen LogP contribution in [0.4, 0.5) is 0 Å². The van der Waals surface area contributed by atoms with Crippen molar-refractivity contribution in [2.75, 3.05) is 0 Å². The number of rotatable bonds is 2. The van der Waals surface area contributed by atoms with Crippen molar-refractivity contribution in [3.05, 3.63) is 66.7 Å². The van der Waals surface area contributed by atoms with Gasteiger partial charge in [0.1, 0.15) is 0 Å². The predicted octanol–water partition coefficient (Wildman–Crippen LogP) is 2.67. The maximum atomic E-state index is 9.20. The van der Waals surface area contributed by atoms with Gasteiger partial charge in [-0.15, -0.1) is 0 Å². The fraction of sp³-hybridized carbons (Fsp3) is 0. The molecule has 0 atom stereocenters. The Morgan fingerprint density at radius 1 is 0.727 bits per heavy atom. The van der Waals surface area contributed by atoms with Gasteiger partial charge in [0.05, 0.1) is 5.52 Å². The van der Waals surface area contributed by atoms with E-state index in [4.69, 9.17) is 0 Å². The van der Waals surface area contributed by atoms with Gasteiger partial charge in [-0.2, -0.15) is 0 Å². The minimum Gasteiger partial charge on any atom is -0.423 e. The summed E-state index contributed by atoms with van der Waals surface area (Å²) in [4.78, 5) is 3.48. The summed E-state index contributed by atoms with van der Waals surface area (Å²) in [6.07, 6.45) is 0. The largest absolute Gasteiger partial charge is 0.488 e. The first-order chi connectivity index (χ1) is 10.7. The van der Waals surface area contributed by atoms with E-state index in [0.717, 1.165) is 22.2 Å². The van der Waals surface area contributed by atoms with Gasteiger partial charge in [0.15, 0.2) is 0 Å². The monoisotopic (exact) mass is 287 g/mol. The van der Waals surface area contributed by atoms with Crippen LogP contribution in [0.5, 0.6) is 0 Å². The van der Waals surface area contributed by atoms with Crippen molar-refractivity contribution < 1.29 is 10.0 Å². The molecule has 0 saturated heterocycles. The van der Waals surface area contributed by atoms with Crippen LogP contribution < -0.4 is 5.46 Å². The Morgan fingerprint density at radius 3 is 2.23 bits per heavy atom. The van der Waals surface area contributed by atoms with Gasteiger partial charge in [-0.3, -0.25) is 0 Å². The fourth-order valence-corrected chi connectivity index (χ4v) is 2.95. The molecule has 0 aliphatic carbocycles. The third kappa shape index (κ3) is 2.01. The molecule has 0 amide bonds. The van der Waals surface area contributed by atoms with Gasteiger partial charge in [0.2, 0.25) is 0 Å². The van der Waals surface area contributed by atoms with Crippen molar-refractivity contribution in [2.24, 2.45) is 0 Å². The standard InChI is InChI=1S/C18H14BNO2/c21-19(22)13-10-8-12(9-11-13)14-5-3-6-16-15-4-1-2-7-17(15)20-18(14)16/h1-11,20-22H. The summed E-state index contributed by atoms with van der Waals surface area (Å²) in [6, 6.07) is 21.8. The number of fused-ring (bicyclic) bond motifs is 3. The molecule has 0 aliphatic rings. The van der Waals surface area contributed by atoms with E-state index < -0.39 is 7.12 Å². The number of para-hydroxylation sites is 2. The Kier molecular flexibility index (Phi) is 3.00. The molecule has 0 spiro atoms. The molecule has 3 N–H and O–H groups in total. The summed E-state index contributed by atoms with van der Waals surface area (Å²) in [5.41, 5.74) is 4.86. The summed E-state index contributed by atoms with van der Waals surface area (Å²) in [7, 11) is -1.43. The lowest BCUT2D eigenvalue weighted by Gasteiger charge is -2.05. The SMILES string of the molecule is OB(O)c1ccc(-c2cccc3c2[nH]c2ccccc23)cc1. The number of nitrogens with one attached hydrogen (secondary N) is 1. The molecular weight excluding hydrogens is 273 g/mol. The Morgan fingerprint density at radius 2 is 1.45 bits per heavy atom. The molecule has 1 aromatic heterocycles. The van der Waals surface area contributed by atoms with Crippen molar-refractivity contribution in [1.82, 2.24) is 4.98 Å². The molecule has 4 rings (SSSR count). The molecule has 3 nitrogen and oxygen atoms in total. The normalized spacial score (nSPS) is 11.2. The van der Waals surface area contributed by atoms with E-state index in [1.807, 2.05) is 30.3 Å². The zero-order chi connectivity index (χ0) is 15.1. The van der Waals surface area contributed by atoms with Crippen LogP contribution in [-0.4, -0.2) is 22.2 Å². The second-order valence-electron chi connectivity index (χ2n) is 5.39. The molecule has 4 heteroatoms. The highest BCUT2D eigenvalue weighted by Gasteiger charge is 2.12. The summed E-state index contributed by atoms with van der Waals surface area (Å²) in [6.45, 7) is 0.